The molecule has 0 aliphatic heterocycles. The van der Waals surface area contributed by atoms with E-state index in [1.54, 1.807) is 17.7 Å². The molecule has 0 aliphatic carbocycles. The molecule has 0 atom stereocenters. The molecule has 25 heavy (non-hydrogen) atoms. The molecule has 0 aliphatic rings. The van der Waals surface area contributed by atoms with Gasteiger partial charge in [0.05, 0.1) is 17.9 Å². The Bertz CT molecular complexity index is 872. The lowest BCUT2D eigenvalue weighted by Crippen LogP contribution is -2.16. The van der Waals surface area contributed by atoms with Crippen LogP contribution in [-0.2, 0) is 12.0 Å². The first kappa shape index (κ1) is 17.0. The van der Waals surface area contributed by atoms with Crippen LogP contribution in [0.15, 0.2) is 47.0 Å². The highest BCUT2D eigenvalue weighted by molar-refractivity contribution is 6.01. The van der Waals surface area contributed by atoms with E-state index >= 15 is 0 Å². The van der Waals surface area contributed by atoms with Gasteiger partial charge in [-0.15, -0.1) is 0 Å². The maximum absolute atomic E-state index is 12.4. The molecule has 1 amide bonds. The third-order valence-electron chi connectivity index (χ3n) is 3.82. The Morgan fingerprint density at radius 1 is 1.20 bits per heavy atom. The Morgan fingerprint density at radius 3 is 2.52 bits per heavy atom. The largest absolute Gasteiger partial charge is 0.351 e. The number of aromatic nitrogens is 3. The summed E-state index contributed by atoms with van der Waals surface area (Å²) in [4.78, 5) is 12.4. The topological polar surface area (TPSA) is 73.0 Å². The number of carbonyl (C=O) groups is 1. The Kier molecular flexibility index (Phi) is 4.44. The number of amides is 1. The summed E-state index contributed by atoms with van der Waals surface area (Å²) in [6.45, 7) is 8.62. The molecule has 130 valence electrons. The first-order valence-electron chi connectivity index (χ1n) is 8.20. The van der Waals surface area contributed by atoms with Gasteiger partial charge in [0.25, 0.3) is 5.91 Å². The van der Waals surface area contributed by atoms with Crippen LogP contribution in [0.1, 0.15) is 48.3 Å². The van der Waals surface area contributed by atoms with E-state index in [1.165, 1.54) is 0 Å². The van der Waals surface area contributed by atoms with Crippen molar-refractivity contribution in [2.24, 2.45) is 0 Å². The van der Waals surface area contributed by atoms with Crippen molar-refractivity contribution >= 4 is 11.7 Å². The predicted octanol–water partition coefficient (Wildman–Crippen LogP) is 3.78. The number of nitrogens with zero attached hydrogens (tertiary/aromatic N) is 3. The van der Waals surface area contributed by atoms with E-state index in [9.17, 15) is 4.79 Å². The lowest BCUT2D eigenvalue weighted by Gasteiger charge is -2.14. The minimum absolute atomic E-state index is 0.121. The molecule has 0 unspecified atom stereocenters. The zero-order chi connectivity index (χ0) is 18.0. The highest BCUT2D eigenvalue weighted by atomic mass is 16.5. The van der Waals surface area contributed by atoms with Crippen LogP contribution in [0.25, 0.3) is 0 Å². The summed E-state index contributed by atoms with van der Waals surface area (Å²) in [7, 11) is 0. The molecule has 0 spiro atoms. The molecule has 6 nitrogen and oxygen atoms in total. The Morgan fingerprint density at radius 2 is 1.92 bits per heavy atom. The van der Waals surface area contributed by atoms with Crippen LogP contribution in [0, 0.1) is 6.92 Å². The van der Waals surface area contributed by atoms with Gasteiger partial charge in [-0.25, -0.2) is 4.68 Å². The molecule has 0 saturated heterocycles. The van der Waals surface area contributed by atoms with Crippen LogP contribution in [0.4, 0.5) is 5.82 Å². The van der Waals surface area contributed by atoms with Crippen molar-refractivity contribution in [1.82, 2.24) is 14.9 Å². The van der Waals surface area contributed by atoms with Gasteiger partial charge in [-0.2, -0.15) is 5.10 Å². The van der Waals surface area contributed by atoms with Gasteiger partial charge in [0.2, 0.25) is 5.76 Å². The summed E-state index contributed by atoms with van der Waals surface area (Å²) in [5, 5.41) is 11.3. The quantitative estimate of drug-likeness (QED) is 0.786. The standard InChI is InChI=1S/C19H22N4O2/c1-13-10-15(25-22-13)18(24)20-17-11-16(19(2,3)4)21-23(17)12-14-8-6-5-7-9-14/h5-11H,12H2,1-4H3,(H,20,24). The zero-order valence-electron chi connectivity index (χ0n) is 14.9. The smallest absolute Gasteiger partial charge is 0.295 e. The third kappa shape index (κ3) is 3.96. The Labute approximate surface area is 146 Å². The molecule has 1 aromatic carbocycles. The SMILES string of the molecule is Cc1cc(C(=O)Nc2cc(C(C)(C)C)nn2Cc2ccccc2)on1. The first-order valence-corrected chi connectivity index (χ1v) is 8.20. The molecule has 3 rings (SSSR count). The molecule has 6 heteroatoms. The summed E-state index contributed by atoms with van der Waals surface area (Å²) in [5.41, 5.74) is 2.56. The lowest BCUT2D eigenvalue weighted by atomic mass is 9.92. The van der Waals surface area contributed by atoms with Gasteiger partial charge in [-0.05, 0) is 12.5 Å². The van der Waals surface area contributed by atoms with Crippen LogP contribution >= 0.6 is 0 Å². The van der Waals surface area contributed by atoms with Gasteiger partial charge >= 0.3 is 0 Å². The number of benzene rings is 1. The van der Waals surface area contributed by atoms with E-state index in [0.717, 1.165) is 11.3 Å². The average molecular weight is 338 g/mol. The fourth-order valence-electron chi connectivity index (χ4n) is 2.41. The normalized spacial score (nSPS) is 11.5. The second-order valence-corrected chi connectivity index (χ2v) is 7.09. The van der Waals surface area contributed by atoms with Crippen molar-refractivity contribution in [2.45, 2.75) is 39.7 Å². The van der Waals surface area contributed by atoms with Crippen LogP contribution in [-0.4, -0.2) is 20.8 Å². The number of hydrogen-bond donors (Lipinski definition) is 1. The van der Waals surface area contributed by atoms with Gasteiger partial charge < -0.3 is 9.84 Å². The number of aryl methyl sites for hydroxylation is 1. The number of anilines is 1. The molecule has 0 bridgehead atoms. The molecule has 2 aromatic heterocycles. The summed E-state index contributed by atoms with van der Waals surface area (Å²) in [6, 6.07) is 13.5. The molecule has 0 saturated carbocycles. The summed E-state index contributed by atoms with van der Waals surface area (Å²) >= 11 is 0. The lowest BCUT2D eigenvalue weighted by molar-refractivity contribution is 0.0987. The highest BCUT2D eigenvalue weighted by Crippen LogP contribution is 2.25. The second kappa shape index (κ2) is 6.55. The fraction of sp³-hybridized carbons (Fsp3) is 0.316. The molecule has 2 heterocycles. The Hall–Kier alpha value is -2.89. The maximum Gasteiger partial charge on any atom is 0.295 e. The van der Waals surface area contributed by atoms with Gasteiger partial charge in [-0.1, -0.05) is 56.3 Å². The molecular weight excluding hydrogens is 316 g/mol. The van der Waals surface area contributed by atoms with Crippen LogP contribution in [0.2, 0.25) is 0 Å². The average Bonchev–Trinajstić information content (AvgIpc) is 3.15. The van der Waals surface area contributed by atoms with E-state index < -0.39 is 0 Å². The second-order valence-electron chi connectivity index (χ2n) is 7.09. The minimum atomic E-state index is -0.338. The van der Waals surface area contributed by atoms with Gasteiger partial charge in [-0.3, -0.25) is 4.79 Å². The molecule has 3 aromatic rings. The maximum atomic E-state index is 12.4. The van der Waals surface area contributed by atoms with Crippen molar-refractivity contribution in [3.05, 3.63) is 65.2 Å². The van der Waals surface area contributed by atoms with E-state index in [-0.39, 0.29) is 17.1 Å². The van der Waals surface area contributed by atoms with Crippen molar-refractivity contribution in [2.75, 3.05) is 5.32 Å². The molecular formula is C19H22N4O2. The minimum Gasteiger partial charge on any atom is -0.351 e. The van der Waals surface area contributed by atoms with E-state index in [2.05, 4.69) is 36.3 Å². The molecule has 1 N–H and O–H groups in total. The number of nitrogens with one attached hydrogen (secondary N) is 1. The predicted molar refractivity (Wildman–Crippen MR) is 95.7 cm³/mol. The van der Waals surface area contributed by atoms with Crippen molar-refractivity contribution in [3.8, 4) is 0 Å². The van der Waals surface area contributed by atoms with Crippen LogP contribution in [0.5, 0.6) is 0 Å². The zero-order valence-corrected chi connectivity index (χ0v) is 14.9. The van der Waals surface area contributed by atoms with Gasteiger partial charge in [0, 0.05) is 17.5 Å². The monoisotopic (exact) mass is 338 g/mol. The Balaban J connectivity index is 1.90. The number of rotatable bonds is 4. The van der Waals surface area contributed by atoms with Gasteiger partial charge in [0.1, 0.15) is 5.82 Å². The first-order chi connectivity index (χ1) is 11.8. The van der Waals surface area contributed by atoms with E-state index in [1.807, 2.05) is 36.4 Å². The summed E-state index contributed by atoms with van der Waals surface area (Å²) < 4.78 is 6.84. The van der Waals surface area contributed by atoms with Crippen LogP contribution < -0.4 is 5.32 Å². The van der Waals surface area contributed by atoms with Gasteiger partial charge in [0.15, 0.2) is 0 Å². The molecule has 0 fully saturated rings. The third-order valence-corrected chi connectivity index (χ3v) is 3.82. The summed E-state index contributed by atoms with van der Waals surface area (Å²) in [6.07, 6.45) is 0. The van der Waals surface area contributed by atoms with Crippen molar-refractivity contribution in [1.29, 1.82) is 0 Å². The number of hydrogen-bond acceptors (Lipinski definition) is 4. The summed E-state index contributed by atoms with van der Waals surface area (Å²) in [5.74, 6) is 0.477. The molecule has 0 radical (unpaired) electrons. The van der Waals surface area contributed by atoms with E-state index in [4.69, 9.17) is 4.52 Å². The van der Waals surface area contributed by atoms with Crippen molar-refractivity contribution < 1.29 is 9.32 Å². The van der Waals surface area contributed by atoms with Crippen LogP contribution in [0.3, 0.4) is 0 Å². The van der Waals surface area contributed by atoms with E-state index in [0.29, 0.717) is 18.1 Å². The van der Waals surface area contributed by atoms with Crippen molar-refractivity contribution in [3.63, 3.8) is 0 Å². The number of carbonyl (C=O) groups excluding carboxylic acids is 1. The highest BCUT2D eigenvalue weighted by Gasteiger charge is 2.22. The fourth-order valence-corrected chi connectivity index (χ4v) is 2.41.